The molecule has 0 bridgehead atoms. The van der Waals surface area contributed by atoms with Gasteiger partial charge in [0.1, 0.15) is 5.82 Å². The molecule has 108 valence electrons. The molecular weight excluding hydrogens is 404 g/mol. The molecule has 21 heavy (non-hydrogen) atoms. The summed E-state index contributed by atoms with van der Waals surface area (Å²) >= 11 is 8.59. The van der Waals surface area contributed by atoms with Gasteiger partial charge in [0.05, 0.1) is 5.38 Å². The quantitative estimate of drug-likeness (QED) is 0.582. The molecular formula is C16H12ClFINO. The van der Waals surface area contributed by atoms with Crippen molar-refractivity contribution in [1.29, 1.82) is 0 Å². The molecule has 0 radical (unpaired) electrons. The number of halogens is 3. The molecule has 2 nitrogen and oxygen atoms in total. The molecule has 1 heterocycles. The number of carbonyl (C=O) groups excluding carboxylic acids is 1. The zero-order valence-corrected chi connectivity index (χ0v) is 13.9. The van der Waals surface area contributed by atoms with Crippen molar-refractivity contribution in [3.63, 3.8) is 0 Å². The van der Waals surface area contributed by atoms with Gasteiger partial charge in [0.2, 0.25) is 0 Å². The first-order chi connectivity index (χ1) is 10.1. The van der Waals surface area contributed by atoms with Gasteiger partial charge in [-0.1, -0.05) is 18.2 Å². The Hall–Kier alpha value is -1.14. The summed E-state index contributed by atoms with van der Waals surface area (Å²) in [4.78, 5) is 11.9. The van der Waals surface area contributed by atoms with Crippen molar-refractivity contribution in [2.75, 3.05) is 6.54 Å². The van der Waals surface area contributed by atoms with Crippen LogP contribution >= 0.6 is 34.2 Å². The Kier molecular flexibility index (Phi) is 4.17. The lowest BCUT2D eigenvalue weighted by Crippen LogP contribution is -2.31. The van der Waals surface area contributed by atoms with E-state index in [0.717, 1.165) is 26.7 Å². The largest absolute Gasteiger partial charge is 0.352 e. The lowest BCUT2D eigenvalue weighted by atomic mass is 9.95. The molecule has 2 aromatic rings. The average molecular weight is 416 g/mol. The number of hydrogen-bond acceptors (Lipinski definition) is 1. The molecule has 0 aromatic heterocycles. The first-order valence-electron chi connectivity index (χ1n) is 6.56. The number of carbonyl (C=O) groups is 1. The fourth-order valence-electron chi connectivity index (χ4n) is 2.47. The van der Waals surface area contributed by atoms with Crippen molar-refractivity contribution in [1.82, 2.24) is 5.32 Å². The van der Waals surface area contributed by atoms with Gasteiger partial charge in [-0.25, -0.2) is 4.39 Å². The second-order valence-electron chi connectivity index (χ2n) is 4.95. The van der Waals surface area contributed by atoms with Crippen molar-refractivity contribution in [2.24, 2.45) is 0 Å². The minimum Gasteiger partial charge on any atom is -0.352 e. The molecule has 3 rings (SSSR count). The lowest BCUT2D eigenvalue weighted by Gasteiger charge is -2.19. The summed E-state index contributed by atoms with van der Waals surface area (Å²) in [5.74, 6) is -0.340. The predicted molar refractivity (Wildman–Crippen MR) is 89.3 cm³/mol. The van der Waals surface area contributed by atoms with E-state index in [9.17, 15) is 9.18 Å². The van der Waals surface area contributed by atoms with Gasteiger partial charge in [-0.15, -0.1) is 11.6 Å². The highest BCUT2D eigenvalue weighted by Gasteiger charge is 2.20. The number of hydrogen-bond donors (Lipinski definition) is 1. The molecule has 1 N–H and O–H groups in total. The van der Waals surface area contributed by atoms with Gasteiger partial charge in [-0.3, -0.25) is 4.79 Å². The Bertz CT molecular complexity index is 719. The van der Waals surface area contributed by atoms with Crippen LogP contribution in [0, 0.1) is 9.39 Å². The Balaban J connectivity index is 2.00. The maximum absolute atomic E-state index is 13.2. The van der Waals surface area contributed by atoms with Crippen LogP contribution in [0.1, 0.15) is 32.4 Å². The number of benzene rings is 2. The first-order valence-corrected chi connectivity index (χ1v) is 8.08. The number of fused-ring (bicyclic) bond motifs is 1. The zero-order chi connectivity index (χ0) is 15.0. The van der Waals surface area contributed by atoms with Crippen molar-refractivity contribution < 1.29 is 9.18 Å². The van der Waals surface area contributed by atoms with Crippen LogP contribution in [0.4, 0.5) is 4.39 Å². The summed E-state index contributed by atoms with van der Waals surface area (Å²) in [6, 6.07) is 10.3. The number of rotatable bonds is 2. The van der Waals surface area contributed by atoms with Crippen molar-refractivity contribution in [2.45, 2.75) is 11.8 Å². The van der Waals surface area contributed by atoms with Crippen molar-refractivity contribution in [3.05, 3.63) is 68.0 Å². The van der Waals surface area contributed by atoms with Crippen LogP contribution in [-0.2, 0) is 6.42 Å². The van der Waals surface area contributed by atoms with Gasteiger partial charge >= 0.3 is 0 Å². The van der Waals surface area contributed by atoms with Gasteiger partial charge in [0.15, 0.2) is 0 Å². The van der Waals surface area contributed by atoms with E-state index < -0.39 is 5.38 Å². The zero-order valence-electron chi connectivity index (χ0n) is 11.0. The Morgan fingerprint density at radius 3 is 2.81 bits per heavy atom. The molecule has 1 unspecified atom stereocenters. The molecule has 1 amide bonds. The molecule has 0 aliphatic carbocycles. The van der Waals surface area contributed by atoms with Gasteiger partial charge in [0.25, 0.3) is 5.91 Å². The van der Waals surface area contributed by atoms with Gasteiger partial charge < -0.3 is 5.32 Å². The van der Waals surface area contributed by atoms with Crippen LogP contribution in [0.5, 0.6) is 0 Å². The van der Waals surface area contributed by atoms with Crippen LogP contribution in [0.25, 0.3) is 0 Å². The molecule has 0 saturated heterocycles. The summed E-state index contributed by atoms with van der Waals surface area (Å²) in [6.45, 7) is 0.672. The van der Waals surface area contributed by atoms with Crippen molar-refractivity contribution in [3.8, 4) is 0 Å². The summed E-state index contributed by atoms with van der Waals surface area (Å²) < 4.78 is 14.0. The van der Waals surface area contributed by atoms with E-state index in [1.54, 1.807) is 6.07 Å². The third-order valence-electron chi connectivity index (χ3n) is 3.59. The molecule has 5 heteroatoms. The van der Waals surface area contributed by atoms with E-state index >= 15 is 0 Å². The second-order valence-corrected chi connectivity index (χ2v) is 6.55. The normalized spacial score (nSPS) is 15.3. The Morgan fingerprint density at radius 1 is 1.24 bits per heavy atom. The van der Waals surface area contributed by atoms with Crippen LogP contribution < -0.4 is 5.32 Å². The van der Waals surface area contributed by atoms with Crippen LogP contribution in [0.15, 0.2) is 36.4 Å². The standard InChI is InChI=1S/C16H12ClFINO/c17-15(12-4-3-11(18)8-14(12)19)10-2-1-9-5-6-20-16(21)13(9)7-10/h1-4,7-8,15H,5-6H2,(H,20,21). The SMILES string of the molecule is O=C1NCCc2ccc(C(Cl)c3ccc(F)cc3I)cc21. The number of nitrogens with one attached hydrogen (secondary N) is 1. The van der Waals surface area contributed by atoms with Crippen LogP contribution in [0.2, 0.25) is 0 Å². The maximum atomic E-state index is 13.2. The van der Waals surface area contributed by atoms with E-state index in [4.69, 9.17) is 11.6 Å². The monoisotopic (exact) mass is 415 g/mol. The van der Waals surface area contributed by atoms with E-state index in [2.05, 4.69) is 27.9 Å². The fourth-order valence-corrected chi connectivity index (χ4v) is 3.77. The van der Waals surface area contributed by atoms with Crippen molar-refractivity contribution >= 4 is 40.1 Å². The van der Waals surface area contributed by atoms with Gasteiger partial charge in [-0.2, -0.15) is 0 Å². The molecule has 0 fully saturated rings. The lowest BCUT2D eigenvalue weighted by molar-refractivity contribution is 0.0946. The Labute approximate surface area is 140 Å². The molecule has 2 aromatic carbocycles. The van der Waals surface area contributed by atoms with Gasteiger partial charge in [-0.05, 0) is 63.9 Å². The molecule has 1 aliphatic rings. The molecule has 1 atom stereocenters. The summed E-state index contributed by atoms with van der Waals surface area (Å²) in [6.07, 6.45) is 0.836. The highest BCUT2D eigenvalue weighted by molar-refractivity contribution is 14.1. The minimum absolute atomic E-state index is 0.0595. The third-order valence-corrected chi connectivity index (χ3v) is 5.01. The summed E-state index contributed by atoms with van der Waals surface area (Å²) in [7, 11) is 0. The number of amides is 1. The summed E-state index contributed by atoms with van der Waals surface area (Å²) in [5.41, 5.74) is 3.41. The molecule has 0 saturated carbocycles. The maximum Gasteiger partial charge on any atom is 0.251 e. The van der Waals surface area contributed by atoms with E-state index in [1.165, 1.54) is 12.1 Å². The smallest absolute Gasteiger partial charge is 0.251 e. The Morgan fingerprint density at radius 2 is 2.05 bits per heavy atom. The van der Waals surface area contributed by atoms with Gasteiger partial charge in [0, 0.05) is 15.7 Å². The molecule has 1 aliphatic heterocycles. The summed E-state index contributed by atoms with van der Waals surface area (Å²) in [5, 5.41) is 2.42. The third kappa shape index (κ3) is 2.92. The average Bonchev–Trinajstić information content (AvgIpc) is 2.47. The predicted octanol–water partition coefficient (Wildman–Crippen LogP) is 4.04. The van der Waals surface area contributed by atoms with Crippen LogP contribution in [0.3, 0.4) is 0 Å². The van der Waals surface area contributed by atoms with E-state index in [0.29, 0.717) is 12.1 Å². The minimum atomic E-state index is -0.405. The number of alkyl halides is 1. The highest BCUT2D eigenvalue weighted by atomic mass is 127. The van der Waals surface area contributed by atoms with E-state index in [1.807, 2.05) is 18.2 Å². The molecule has 0 spiro atoms. The first kappa shape index (κ1) is 14.8. The fraction of sp³-hybridized carbons (Fsp3) is 0.188. The topological polar surface area (TPSA) is 29.1 Å². The second kappa shape index (κ2) is 5.93. The van der Waals surface area contributed by atoms with E-state index in [-0.39, 0.29) is 11.7 Å². The highest BCUT2D eigenvalue weighted by Crippen LogP contribution is 2.33. The van der Waals surface area contributed by atoms with Crippen LogP contribution in [-0.4, -0.2) is 12.5 Å².